The molecule has 0 bridgehead atoms. The van der Waals surface area contributed by atoms with Gasteiger partial charge in [0.25, 0.3) is 0 Å². The van der Waals surface area contributed by atoms with Crippen molar-refractivity contribution in [2.45, 2.75) is 0 Å². The molecule has 0 saturated heterocycles. The first-order valence-electron chi connectivity index (χ1n) is 8.83. The average molecular weight is 331 g/mol. The second-order valence-corrected chi connectivity index (χ2v) is 6.46. The molecule has 0 aliphatic carbocycles. The highest BCUT2D eigenvalue weighted by atomic mass is 14.7. The van der Waals surface area contributed by atoms with Gasteiger partial charge >= 0.3 is 0 Å². The fourth-order valence-corrected chi connectivity index (χ4v) is 3.62. The van der Waals surface area contributed by atoms with E-state index in [1.54, 1.807) is 0 Å². The van der Waals surface area contributed by atoms with Crippen LogP contribution in [-0.2, 0) is 0 Å². The van der Waals surface area contributed by atoms with Gasteiger partial charge in [-0.1, -0.05) is 91.0 Å². The van der Waals surface area contributed by atoms with E-state index in [2.05, 4.69) is 91.0 Å². The van der Waals surface area contributed by atoms with Crippen molar-refractivity contribution in [3.8, 4) is 0 Å². The van der Waals surface area contributed by atoms with Crippen LogP contribution < -0.4 is 0 Å². The molecule has 0 fully saturated rings. The Bertz CT molecular complexity index is 1220. The Morgan fingerprint density at radius 1 is 0.500 bits per heavy atom. The van der Waals surface area contributed by atoms with E-state index in [1.807, 2.05) is 12.1 Å². The second-order valence-electron chi connectivity index (χ2n) is 6.46. The normalized spacial score (nSPS) is 11.7. The third-order valence-corrected chi connectivity index (χ3v) is 4.88. The first kappa shape index (κ1) is 14.9. The molecule has 5 rings (SSSR count). The van der Waals surface area contributed by atoms with E-state index in [-0.39, 0.29) is 0 Å². The number of rotatable bonds is 2. The van der Waals surface area contributed by atoms with E-state index >= 15 is 0 Å². The molecule has 5 aromatic rings. The smallest absolute Gasteiger partial charge is 0.0715 e. The van der Waals surface area contributed by atoms with Crippen LogP contribution in [-0.4, -0.2) is 4.98 Å². The molecule has 4 aromatic carbocycles. The van der Waals surface area contributed by atoms with Crippen LogP contribution in [0.5, 0.6) is 0 Å². The van der Waals surface area contributed by atoms with Crippen molar-refractivity contribution in [1.82, 2.24) is 4.98 Å². The lowest BCUT2D eigenvalue weighted by molar-refractivity contribution is 1.49. The number of fused-ring (bicyclic) bond motifs is 3. The van der Waals surface area contributed by atoms with Gasteiger partial charge in [-0.15, -0.1) is 0 Å². The SMILES string of the molecule is C(=C/c1c2ccccc2nc2ccccc12)/c1cccc2ccccc12. The summed E-state index contributed by atoms with van der Waals surface area (Å²) in [5.74, 6) is 0. The molecule has 0 aliphatic rings. The molecule has 1 heterocycles. The molecule has 26 heavy (non-hydrogen) atoms. The van der Waals surface area contributed by atoms with Crippen LogP contribution in [0.2, 0.25) is 0 Å². The van der Waals surface area contributed by atoms with Gasteiger partial charge in [0.15, 0.2) is 0 Å². The van der Waals surface area contributed by atoms with E-state index in [1.165, 1.54) is 32.7 Å². The lowest BCUT2D eigenvalue weighted by atomic mass is 9.99. The molecule has 0 saturated carbocycles. The summed E-state index contributed by atoms with van der Waals surface area (Å²) in [6.07, 6.45) is 4.45. The topological polar surface area (TPSA) is 12.9 Å². The standard InChI is InChI=1S/C25H17N/c1-2-11-20-18(8-1)9-7-10-19(20)16-17-21-22-12-3-5-14-24(22)26-25-15-6-4-13-23(21)25/h1-17H/b17-16-. The highest BCUT2D eigenvalue weighted by molar-refractivity contribution is 6.05. The third-order valence-electron chi connectivity index (χ3n) is 4.88. The maximum atomic E-state index is 4.81. The monoisotopic (exact) mass is 331 g/mol. The Hall–Kier alpha value is -3.45. The van der Waals surface area contributed by atoms with Crippen molar-refractivity contribution in [3.05, 3.63) is 102 Å². The van der Waals surface area contributed by atoms with Gasteiger partial charge in [0, 0.05) is 10.8 Å². The minimum atomic E-state index is 1.03. The average Bonchev–Trinajstić information content (AvgIpc) is 2.71. The van der Waals surface area contributed by atoms with Crippen molar-refractivity contribution >= 4 is 44.7 Å². The Kier molecular flexibility index (Phi) is 3.50. The number of hydrogen-bond acceptors (Lipinski definition) is 1. The van der Waals surface area contributed by atoms with Gasteiger partial charge in [-0.3, -0.25) is 0 Å². The van der Waals surface area contributed by atoms with Gasteiger partial charge < -0.3 is 0 Å². The molecule has 0 amide bonds. The van der Waals surface area contributed by atoms with Gasteiger partial charge in [-0.05, 0) is 34.0 Å². The maximum Gasteiger partial charge on any atom is 0.0715 e. The van der Waals surface area contributed by atoms with Gasteiger partial charge in [-0.2, -0.15) is 0 Å². The molecule has 1 heteroatoms. The Morgan fingerprint density at radius 2 is 1.08 bits per heavy atom. The lowest BCUT2D eigenvalue weighted by Gasteiger charge is -2.08. The van der Waals surface area contributed by atoms with E-state index in [0.717, 1.165) is 11.0 Å². The van der Waals surface area contributed by atoms with E-state index in [4.69, 9.17) is 4.98 Å². The van der Waals surface area contributed by atoms with Gasteiger partial charge in [-0.25, -0.2) is 4.98 Å². The third kappa shape index (κ3) is 2.46. The largest absolute Gasteiger partial charge is 0.248 e. The molecule has 0 spiro atoms. The summed E-state index contributed by atoms with van der Waals surface area (Å²) >= 11 is 0. The summed E-state index contributed by atoms with van der Waals surface area (Å²) in [7, 11) is 0. The zero-order chi connectivity index (χ0) is 17.3. The van der Waals surface area contributed by atoms with Crippen LogP contribution in [0, 0.1) is 0 Å². The maximum absolute atomic E-state index is 4.81. The highest BCUT2D eigenvalue weighted by Gasteiger charge is 2.06. The van der Waals surface area contributed by atoms with Gasteiger partial charge in [0.2, 0.25) is 0 Å². The molecule has 1 nitrogen and oxygen atoms in total. The Labute approximate surface area is 152 Å². The number of para-hydroxylation sites is 2. The van der Waals surface area contributed by atoms with E-state index in [9.17, 15) is 0 Å². The number of hydrogen-bond donors (Lipinski definition) is 0. The predicted molar refractivity (Wildman–Crippen MR) is 112 cm³/mol. The summed E-state index contributed by atoms with van der Waals surface area (Å²) in [6.45, 7) is 0. The van der Waals surface area contributed by atoms with Crippen LogP contribution in [0.4, 0.5) is 0 Å². The predicted octanol–water partition coefficient (Wildman–Crippen LogP) is 6.71. The van der Waals surface area contributed by atoms with E-state index < -0.39 is 0 Å². The lowest BCUT2D eigenvalue weighted by Crippen LogP contribution is -1.87. The molecule has 0 aliphatic heterocycles. The summed E-state index contributed by atoms with van der Waals surface area (Å²) < 4.78 is 0. The fourth-order valence-electron chi connectivity index (χ4n) is 3.62. The fraction of sp³-hybridized carbons (Fsp3) is 0. The van der Waals surface area contributed by atoms with Crippen molar-refractivity contribution < 1.29 is 0 Å². The summed E-state index contributed by atoms with van der Waals surface area (Å²) in [6, 6.07) is 31.7. The molecular weight excluding hydrogens is 314 g/mol. The molecule has 0 N–H and O–H groups in total. The molecular formula is C25H17N. The first-order valence-corrected chi connectivity index (χ1v) is 8.83. The van der Waals surface area contributed by atoms with Crippen molar-refractivity contribution in [2.75, 3.05) is 0 Å². The summed E-state index contributed by atoms with van der Waals surface area (Å²) in [4.78, 5) is 4.81. The van der Waals surface area contributed by atoms with Gasteiger partial charge in [0.1, 0.15) is 0 Å². The summed E-state index contributed by atoms with van der Waals surface area (Å²) in [5, 5.41) is 4.90. The van der Waals surface area contributed by atoms with Crippen LogP contribution >= 0.6 is 0 Å². The minimum Gasteiger partial charge on any atom is -0.248 e. The minimum absolute atomic E-state index is 1.03. The molecule has 1 aromatic heterocycles. The Balaban J connectivity index is 1.76. The van der Waals surface area contributed by atoms with Crippen molar-refractivity contribution in [1.29, 1.82) is 0 Å². The quantitative estimate of drug-likeness (QED) is 0.327. The zero-order valence-corrected chi connectivity index (χ0v) is 14.3. The molecule has 0 atom stereocenters. The Morgan fingerprint density at radius 3 is 1.81 bits per heavy atom. The first-order chi connectivity index (χ1) is 12.9. The second kappa shape index (κ2) is 6.12. The van der Waals surface area contributed by atoms with Crippen LogP contribution in [0.3, 0.4) is 0 Å². The number of benzene rings is 4. The van der Waals surface area contributed by atoms with Gasteiger partial charge in [0.05, 0.1) is 11.0 Å². The van der Waals surface area contributed by atoms with Crippen LogP contribution in [0.1, 0.15) is 11.1 Å². The number of pyridine rings is 1. The molecule has 0 radical (unpaired) electrons. The molecule has 122 valence electrons. The van der Waals surface area contributed by atoms with Crippen molar-refractivity contribution in [2.24, 2.45) is 0 Å². The zero-order valence-electron chi connectivity index (χ0n) is 14.3. The summed E-state index contributed by atoms with van der Waals surface area (Å²) in [5.41, 5.74) is 4.51. The van der Waals surface area contributed by atoms with Crippen molar-refractivity contribution in [3.63, 3.8) is 0 Å². The van der Waals surface area contributed by atoms with Crippen LogP contribution in [0.25, 0.3) is 44.7 Å². The highest BCUT2D eigenvalue weighted by Crippen LogP contribution is 2.28. The van der Waals surface area contributed by atoms with Crippen LogP contribution in [0.15, 0.2) is 91.0 Å². The number of nitrogens with zero attached hydrogens (tertiary/aromatic N) is 1. The number of aromatic nitrogens is 1. The molecule has 0 unspecified atom stereocenters. The van der Waals surface area contributed by atoms with E-state index in [0.29, 0.717) is 0 Å².